The van der Waals surface area contributed by atoms with Crippen LogP contribution in [0, 0.1) is 0 Å². The van der Waals surface area contributed by atoms with Gasteiger partial charge in [0.05, 0.1) is 28.7 Å². The molecule has 176 valence electrons. The second-order valence-electron chi connectivity index (χ2n) is 7.85. The van der Waals surface area contributed by atoms with Crippen molar-refractivity contribution < 1.29 is 9.53 Å². The van der Waals surface area contributed by atoms with Crippen LogP contribution in [-0.4, -0.2) is 30.9 Å². The van der Waals surface area contributed by atoms with E-state index in [2.05, 4.69) is 38.2 Å². The van der Waals surface area contributed by atoms with Gasteiger partial charge in [0.1, 0.15) is 28.4 Å². The summed E-state index contributed by atoms with van der Waals surface area (Å²) >= 11 is 5.80. The van der Waals surface area contributed by atoms with Crippen molar-refractivity contribution in [2.24, 2.45) is 0 Å². The highest BCUT2D eigenvalue weighted by Crippen LogP contribution is 2.28. The molecule has 0 unspecified atom stereocenters. The van der Waals surface area contributed by atoms with Crippen molar-refractivity contribution in [3.8, 4) is 5.75 Å². The number of amides is 1. The first-order chi connectivity index (χ1) is 17.1. The molecule has 0 aliphatic rings. The van der Waals surface area contributed by atoms with Crippen LogP contribution in [-0.2, 0) is 24.4 Å². The number of pyridine rings is 1. The summed E-state index contributed by atoms with van der Waals surface area (Å²) in [6.45, 7) is 0.565. The van der Waals surface area contributed by atoms with Gasteiger partial charge in [-0.05, 0) is 35.9 Å². The molecule has 8 nitrogen and oxygen atoms in total. The number of ether oxygens (including phenoxy) is 1. The zero-order valence-electron chi connectivity index (χ0n) is 18.6. The third kappa shape index (κ3) is 5.84. The van der Waals surface area contributed by atoms with Crippen molar-refractivity contribution in [3.63, 3.8) is 0 Å². The molecule has 3 heterocycles. The molecule has 1 amide bonds. The van der Waals surface area contributed by atoms with Crippen LogP contribution in [0.2, 0.25) is 0 Å². The van der Waals surface area contributed by atoms with Gasteiger partial charge in [0, 0.05) is 12.6 Å². The van der Waals surface area contributed by atoms with Crippen LogP contribution in [0.25, 0.3) is 10.2 Å². The maximum Gasteiger partial charge on any atom is 0.245 e. The Labute approximate surface area is 211 Å². The number of nitrogens with zero attached hydrogens (tertiary/aromatic N) is 5. The smallest absolute Gasteiger partial charge is 0.245 e. The molecular weight excluding hydrogens is 480 g/mol. The fraction of sp³-hybridized carbons (Fsp3) is 0.160. The fourth-order valence-electron chi connectivity index (χ4n) is 3.61. The molecule has 3 aromatic heterocycles. The van der Waals surface area contributed by atoms with E-state index in [1.165, 1.54) is 11.3 Å². The number of hydrogen-bond donors (Lipinski definition) is 2. The number of benzene rings is 2. The molecule has 1 N–H and O–H groups in total. The molecule has 35 heavy (non-hydrogen) atoms. The van der Waals surface area contributed by atoms with Gasteiger partial charge in [-0.15, -0.1) is 29.1 Å². The Kier molecular flexibility index (Phi) is 7.01. The molecule has 2 aromatic carbocycles. The predicted molar refractivity (Wildman–Crippen MR) is 136 cm³/mol. The number of fused-ring (bicyclic) bond motifs is 1. The third-order valence-corrected chi connectivity index (χ3v) is 6.55. The van der Waals surface area contributed by atoms with E-state index in [0.29, 0.717) is 28.7 Å². The van der Waals surface area contributed by atoms with E-state index >= 15 is 0 Å². The van der Waals surface area contributed by atoms with Crippen molar-refractivity contribution in [1.82, 2.24) is 30.3 Å². The van der Waals surface area contributed by atoms with E-state index in [1.54, 1.807) is 17.1 Å². The van der Waals surface area contributed by atoms with Gasteiger partial charge in [0.15, 0.2) is 0 Å². The minimum absolute atomic E-state index is 0.157. The van der Waals surface area contributed by atoms with Gasteiger partial charge in [-0.3, -0.25) is 9.78 Å². The summed E-state index contributed by atoms with van der Waals surface area (Å²) in [6.07, 6.45) is 3.94. The molecule has 0 bridgehead atoms. The molecule has 5 rings (SSSR count). The zero-order valence-corrected chi connectivity index (χ0v) is 20.3. The zero-order chi connectivity index (χ0) is 24.0. The van der Waals surface area contributed by atoms with Crippen molar-refractivity contribution in [3.05, 3.63) is 96.1 Å². The van der Waals surface area contributed by atoms with Crippen LogP contribution in [0.15, 0.2) is 83.5 Å². The molecule has 0 saturated carbocycles. The second-order valence-corrected chi connectivity index (χ2v) is 9.61. The molecule has 5 aromatic rings. The number of rotatable bonds is 9. The van der Waals surface area contributed by atoms with Gasteiger partial charge in [-0.1, -0.05) is 41.6 Å². The van der Waals surface area contributed by atoms with Crippen LogP contribution in [0.1, 0.15) is 23.0 Å². The standard InChI is InChI=1S/C25H22N6O2S2/c32-24(27-14-18-8-4-5-11-26-18)22(12-17-6-2-1-3-7-17)31-15-19(29-30-31)16-33-20-9-10-21-23(13-20)35-25(34)28-21/h1-11,13,15,22H,12,14,16H2,(H,27,32)(H,28,34)/t22-/m0/s1. The van der Waals surface area contributed by atoms with Crippen LogP contribution in [0.4, 0.5) is 0 Å². The summed E-state index contributed by atoms with van der Waals surface area (Å²) in [5.41, 5.74) is 3.33. The number of carbonyl (C=O) groups excluding carboxylic acids is 1. The first kappa shape index (κ1) is 23.0. The quantitative estimate of drug-likeness (QED) is 0.293. The number of carbonyl (C=O) groups is 1. The molecule has 0 saturated heterocycles. The van der Waals surface area contributed by atoms with Gasteiger partial charge in [0.25, 0.3) is 0 Å². The molecule has 0 radical (unpaired) electrons. The average Bonchev–Trinajstić information content (AvgIpc) is 3.51. The molecule has 10 heteroatoms. The van der Waals surface area contributed by atoms with Gasteiger partial charge >= 0.3 is 0 Å². The lowest BCUT2D eigenvalue weighted by molar-refractivity contribution is -0.124. The lowest BCUT2D eigenvalue weighted by Crippen LogP contribution is -2.34. The Morgan fingerprint density at radius 3 is 2.77 bits per heavy atom. The Bertz CT molecular complexity index is 1420. The van der Waals surface area contributed by atoms with E-state index in [4.69, 9.17) is 4.74 Å². The average molecular weight is 503 g/mol. The SMILES string of the molecule is O=C(NCc1ccccn1)[C@H](Cc1ccccc1)n1cc(COc2ccc3nc(S)sc3c2)nn1. The topological polar surface area (TPSA) is 94.8 Å². The molecule has 1 atom stereocenters. The number of hydrogen-bond acceptors (Lipinski definition) is 8. The van der Waals surface area contributed by atoms with Crippen molar-refractivity contribution in [2.75, 3.05) is 0 Å². The Hall–Kier alpha value is -3.76. The minimum Gasteiger partial charge on any atom is -0.487 e. The van der Waals surface area contributed by atoms with Gasteiger partial charge in [0.2, 0.25) is 5.91 Å². The highest BCUT2D eigenvalue weighted by Gasteiger charge is 2.23. The largest absolute Gasteiger partial charge is 0.487 e. The van der Waals surface area contributed by atoms with Crippen molar-refractivity contribution in [2.45, 2.75) is 30.0 Å². The van der Waals surface area contributed by atoms with Gasteiger partial charge < -0.3 is 10.1 Å². The Morgan fingerprint density at radius 1 is 1.09 bits per heavy atom. The molecule has 0 aliphatic heterocycles. The number of thiazole rings is 1. The molecule has 0 spiro atoms. The van der Waals surface area contributed by atoms with Crippen LogP contribution in [0.3, 0.4) is 0 Å². The normalized spacial score (nSPS) is 11.9. The highest BCUT2D eigenvalue weighted by molar-refractivity contribution is 7.82. The first-order valence-corrected chi connectivity index (χ1v) is 12.2. The molecular formula is C25H22N6O2S2. The van der Waals surface area contributed by atoms with Crippen LogP contribution < -0.4 is 10.1 Å². The van der Waals surface area contributed by atoms with E-state index in [0.717, 1.165) is 21.5 Å². The van der Waals surface area contributed by atoms with Crippen LogP contribution in [0.5, 0.6) is 5.75 Å². The monoisotopic (exact) mass is 502 g/mol. The summed E-state index contributed by atoms with van der Waals surface area (Å²) in [5.74, 6) is 0.549. The lowest BCUT2D eigenvalue weighted by Gasteiger charge is -2.17. The summed E-state index contributed by atoms with van der Waals surface area (Å²) in [7, 11) is 0. The van der Waals surface area contributed by atoms with Gasteiger partial charge in [-0.25, -0.2) is 9.67 Å². The highest BCUT2D eigenvalue weighted by atomic mass is 32.2. The number of nitrogens with one attached hydrogen (secondary N) is 1. The second kappa shape index (κ2) is 10.7. The predicted octanol–water partition coefficient (Wildman–Crippen LogP) is 4.25. The van der Waals surface area contributed by atoms with Crippen LogP contribution >= 0.6 is 24.0 Å². The maximum atomic E-state index is 13.2. The summed E-state index contributed by atoms with van der Waals surface area (Å²) < 4.78 is 9.23. The lowest BCUT2D eigenvalue weighted by atomic mass is 10.1. The van der Waals surface area contributed by atoms with E-state index in [9.17, 15) is 4.79 Å². The fourth-order valence-corrected chi connectivity index (χ4v) is 4.75. The summed E-state index contributed by atoms with van der Waals surface area (Å²) in [4.78, 5) is 21.8. The Balaban J connectivity index is 1.29. The van der Waals surface area contributed by atoms with Crippen molar-refractivity contribution >= 4 is 40.1 Å². The third-order valence-electron chi connectivity index (χ3n) is 5.36. The minimum atomic E-state index is -0.565. The maximum absolute atomic E-state index is 13.2. The first-order valence-electron chi connectivity index (χ1n) is 11.0. The Morgan fingerprint density at radius 2 is 1.94 bits per heavy atom. The van der Waals surface area contributed by atoms with E-state index in [1.807, 2.05) is 66.7 Å². The van der Waals surface area contributed by atoms with Crippen molar-refractivity contribution in [1.29, 1.82) is 0 Å². The van der Waals surface area contributed by atoms with Gasteiger partial charge in [-0.2, -0.15) is 0 Å². The van der Waals surface area contributed by atoms with E-state index in [-0.39, 0.29) is 12.5 Å². The summed E-state index contributed by atoms with van der Waals surface area (Å²) in [5, 5.41) is 11.5. The summed E-state index contributed by atoms with van der Waals surface area (Å²) in [6, 6.07) is 20.6. The number of thiol groups is 1. The molecule has 0 aliphatic carbocycles. The van der Waals surface area contributed by atoms with E-state index < -0.39 is 6.04 Å². The number of aromatic nitrogens is 5. The molecule has 0 fully saturated rings.